The van der Waals surface area contributed by atoms with E-state index in [0.29, 0.717) is 23.6 Å². The number of carbonyl (C=O) groups excluding carboxylic acids is 3. The smallest absolute Gasteiger partial charge is 0.355 e. The summed E-state index contributed by atoms with van der Waals surface area (Å²) in [5, 5.41) is 2.52. The SMILES string of the molecule is CC1(C)OC(c2ccco2)CN1C(=O)C(Cl)Cl.CCOC(=O)C(Cl)Cc1cc(-n2nc(C)n(C(F)F)c2=O)c(F)cc1Cl.CCOCN(C(=O)CCl)c1c(C)cccc1CC. The van der Waals surface area contributed by atoms with Crippen molar-refractivity contribution in [2.45, 2.75) is 89.9 Å². The predicted molar refractivity (Wildman–Crippen MR) is 228 cm³/mol. The highest BCUT2D eigenvalue weighted by Crippen LogP contribution is 2.37. The van der Waals surface area contributed by atoms with Crippen molar-refractivity contribution in [2.24, 2.45) is 0 Å². The van der Waals surface area contributed by atoms with Gasteiger partial charge in [-0.15, -0.1) is 28.3 Å². The minimum absolute atomic E-state index is 0.0371. The molecule has 0 aliphatic carbocycles. The van der Waals surface area contributed by atoms with Crippen LogP contribution in [-0.4, -0.2) is 85.3 Å². The van der Waals surface area contributed by atoms with Gasteiger partial charge in [0.1, 0.15) is 47.1 Å². The third-order valence-electron chi connectivity index (χ3n) is 9.02. The highest BCUT2D eigenvalue weighted by Gasteiger charge is 2.45. The summed E-state index contributed by atoms with van der Waals surface area (Å²) in [4.78, 5) is 49.6. The first-order chi connectivity index (χ1) is 28.7. The number of halogens is 8. The molecule has 1 aliphatic rings. The molecule has 2 aromatic carbocycles. The summed E-state index contributed by atoms with van der Waals surface area (Å²) in [5.41, 5.74) is 1.02. The molecule has 4 aromatic rings. The lowest BCUT2D eigenvalue weighted by molar-refractivity contribution is -0.144. The Morgan fingerprint density at radius 3 is 2.26 bits per heavy atom. The zero-order chi connectivity index (χ0) is 45.8. The number of rotatable bonds is 14. The van der Waals surface area contributed by atoms with Crippen molar-refractivity contribution in [3.8, 4) is 5.69 Å². The van der Waals surface area contributed by atoms with Crippen LogP contribution in [0.1, 0.15) is 75.5 Å². The van der Waals surface area contributed by atoms with Crippen molar-refractivity contribution in [3.63, 3.8) is 0 Å². The Kier molecular flexibility index (Phi) is 20.0. The molecule has 0 bridgehead atoms. The van der Waals surface area contributed by atoms with Gasteiger partial charge in [-0.25, -0.2) is 13.8 Å². The number of hydrogen-bond donors (Lipinski definition) is 0. The molecule has 0 saturated carbocycles. The molecule has 2 atom stereocenters. The van der Waals surface area contributed by atoms with E-state index in [1.54, 1.807) is 38.0 Å². The van der Waals surface area contributed by atoms with Gasteiger partial charge >= 0.3 is 18.2 Å². The summed E-state index contributed by atoms with van der Waals surface area (Å²) in [7, 11) is 0. The minimum atomic E-state index is -3.12. The number of benzene rings is 2. The third kappa shape index (κ3) is 13.4. The van der Waals surface area contributed by atoms with Gasteiger partial charge in [0, 0.05) is 18.1 Å². The number of para-hydroxylation sites is 1. The lowest BCUT2D eigenvalue weighted by Crippen LogP contribution is -2.45. The second kappa shape index (κ2) is 23.6. The van der Waals surface area contributed by atoms with Crippen LogP contribution < -0.4 is 10.6 Å². The Morgan fingerprint density at radius 2 is 1.72 bits per heavy atom. The molecule has 2 unspecified atom stereocenters. The lowest BCUT2D eigenvalue weighted by Gasteiger charge is -2.29. The van der Waals surface area contributed by atoms with Crippen molar-refractivity contribution in [3.05, 3.63) is 98.3 Å². The van der Waals surface area contributed by atoms with Crippen molar-refractivity contribution < 1.29 is 46.2 Å². The molecule has 336 valence electrons. The first-order valence-corrected chi connectivity index (χ1v) is 21.0. The first kappa shape index (κ1) is 51.6. The van der Waals surface area contributed by atoms with Crippen LogP contribution in [0.5, 0.6) is 0 Å². The second-order valence-electron chi connectivity index (χ2n) is 13.5. The number of anilines is 1. The van der Waals surface area contributed by atoms with Crippen LogP contribution in [0.2, 0.25) is 5.02 Å². The standard InChI is InChI=1S/C15H14Cl2F3N3O3.C14H20ClNO2.C11H13Cl2NO3/c1-3-26-13(24)10(17)4-8-5-12(11(18)6-9(8)16)23-15(25)22(14(19)20)7(2)21-23;1-4-12-8-6-7-11(3)14(12)16(10-18-5-2)13(17)9-15;1-11(2)14(10(15)9(12)13)6-8(17-11)7-4-3-5-16-7/h5-6,10,14H,3-4H2,1-2H3;6-8H,4-5,9-10H2,1-3H3;3-5,8-9H,6H2,1-2H3. The van der Waals surface area contributed by atoms with E-state index < -0.39 is 40.0 Å². The summed E-state index contributed by atoms with van der Waals surface area (Å²) in [6, 6.07) is 11.6. The molecular weight excluding hydrogens is 913 g/mol. The van der Waals surface area contributed by atoms with E-state index >= 15 is 0 Å². The number of aryl methyl sites for hydroxylation is 3. The minimum Gasteiger partial charge on any atom is -0.467 e. The van der Waals surface area contributed by atoms with Crippen molar-refractivity contribution >= 4 is 81.5 Å². The van der Waals surface area contributed by atoms with Crippen molar-refractivity contribution in [2.75, 3.05) is 37.3 Å². The summed E-state index contributed by atoms with van der Waals surface area (Å²) in [6.45, 7) is 10.6. The second-order valence-corrected chi connectivity index (χ2v) is 15.8. The predicted octanol–water partition coefficient (Wildman–Crippen LogP) is 9.09. The lowest BCUT2D eigenvalue weighted by atomic mass is 10.0. The molecule has 1 aliphatic heterocycles. The molecule has 0 spiro atoms. The number of esters is 1. The quantitative estimate of drug-likeness (QED) is 0.0689. The topological polar surface area (TPSA) is 138 Å². The van der Waals surface area contributed by atoms with Gasteiger partial charge in [-0.3, -0.25) is 19.3 Å². The summed E-state index contributed by atoms with van der Waals surface area (Å²) >= 11 is 28.8. The van der Waals surface area contributed by atoms with Gasteiger partial charge < -0.3 is 23.5 Å². The highest BCUT2D eigenvalue weighted by atomic mass is 35.5. The molecule has 0 N–H and O–H groups in total. The normalized spacial score (nSPS) is 14.9. The maximum Gasteiger partial charge on any atom is 0.355 e. The van der Waals surface area contributed by atoms with E-state index in [-0.39, 0.29) is 70.2 Å². The fraction of sp³-hybridized carbons (Fsp3) is 0.475. The van der Waals surface area contributed by atoms with Crippen LogP contribution in [0.15, 0.2) is 57.9 Å². The number of hydrogen-bond acceptors (Lipinski definition) is 9. The van der Waals surface area contributed by atoms with E-state index in [9.17, 15) is 32.3 Å². The van der Waals surface area contributed by atoms with Crippen LogP contribution >= 0.6 is 58.0 Å². The number of alkyl halides is 6. The molecule has 13 nitrogen and oxygen atoms in total. The molecule has 2 aromatic heterocycles. The zero-order valence-corrected chi connectivity index (χ0v) is 38.2. The van der Waals surface area contributed by atoms with Crippen molar-refractivity contribution in [1.82, 2.24) is 19.2 Å². The first-order valence-electron chi connectivity index (χ1n) is 18.8. The number of nitrogens with zero attached hydrogens (tertiary/aromatic N) is 5. The fourth-order valence-electron chi connectivity index (χ4n) is 6.10. The molecule has 2 amide bonds. The van der Waals surface area contributed by atoms with Gasteiger partial charge in [0.15, 0.2) is 10.7 Å². The van der Waals surface area contributed by atoms with Gasteiger partial charge in [-0.1, -0.05) is 59.9 Å². The van der Waals surface area contributed by atoms with Crippen LogP contribution in [-0.2, 0) is 41.4 Å². The van der Waals surface area contributed by atoms with Crippen LogP contribution in [0.4, 0.5) is 18.9 Å². The molecule has 3 heterocycles. The van der Waals surface area contributed by atoms with E-state index in [1.165, 1.54) is 11.8 Å². The van der Waals surface area contributed by atoms with E-state index in [2.05, 4.69) is 12.0 Å². The van der Waals surface area contributed by atoms with Gasteiger partial charge in [0.2, 0.25) is 5.91 Å². The van der Waals surface area contributed by atoms with Crippen LogP contribution in [0.3, 0.4) is 0 Å². The van der Waals surface area contributed by atoms with E-state index in [4.69, 9.17) is 76.6 Å². The summed E-state index contributed by atoms with van der Waals surface area (Å²) < 4.78 is 61.9. The van der Waals surface area contributed by atoms with Crippen molar-refractivity contribution in [1.29, 1.82) is 0 Å². The van der Waals surface area contributed by atoms with Gasteiger partial charge in [0.25, 0.3) is 5.91 Å². The van der Waals surface area contributed by atoms with Crippen LogP contribution in [0.25, 0.3) is 5.69 Å². The van der Waals surface area contributed by atoms with E-state index in [1.807, 2.05) is 38.1 Å². The maximum atomic E-state index is 14.2. The monoisotopic (exact) mass is 957 g/mol. The molecule has 21 heteroatoms. The largest absolute Gasteiger partial charge is 0.467 e. The number of furan rings is 1. The summed E-state index contributed by atoms with van der Waals surface area (Å²) in [5.74, 6) is -1.75. The molecule has 61 heavy (non-hydrogen) atoms. The Labute approximate surface area is 376 Å². The maximum absolute atomic E-state index is 14.2. The number of amides is 2. The highest BCUT2D eigenvalue weighted by molar-refractivity contribution is 6.53. The molecule has 1 fully saturated rings. The van der Waals surface area contributed by atoms with Crippen LogP contribution in [0, 0.1) is 19.7 Å². The number of ether oxygens (including phenoxy) is 3. The van der Waals surface area contributed by atoms with E-state index in [0.717, 1.165) is 35.4 Å². The Hall–Kier alpha value is -3.77. The average molecular weight is 960 g/mol. The zero-order valence-electron chi connectivity index (χ0n) is 34.4. The summed E-state index contributed by atoms with van der Waals surface area (Å²) in [6.07, 6.45) is 2.05. The Morgan fingerprint density at radius 1 is 1.03 bits per heavy atom. The Balaban J connectivity index is 0.000000252. The molecule has 5 rings (SSSR count). The molecular formula is C40H47Cl5F3N5O8. The van der Waals surface area contributed by atoms with Gasteiger partial charge in [-0.05, 0) is 88.9 Å². The van der Waals surface area contributed by atoms with Gasteiger partial charge in [-0.2, -0.15) is 13.5 Å². The number of aromatic nitrogens is 3. The Bertz CT molecular complexity index is 2150. The van der Waals surface area contributed by atoms with Gasteiger partial charge in [0.05, 0.1) is 25.1 Å². The fourth-order valence-corrected chi connectivity index (χ4v) is 6.94. The molecule has 0 radical (unpaired) electrons. The molecule has 1 saturated heterocycles. The number of carbonyl (C=O) groups is 3. The average Bonchev–Trinajstić information content (AvgIpc) is 3.93. The third-order valence-corrected chi connectivity index (χ3v) is 10.3.